The molecule has 8 heteroatoms. The van der Waals surface area contributed by atoms with Crippen molar-refractivity contribution in [1.29, 1.82) is 0 Å². The van der Waals surface area contributed by atoms with Gasteiger partial charge in [0.05, 0.1) is 11.2 Å². The van der Waals surface area contributed by atoms with Crippen molar-refractivity contribution in [3.63, 3.8) is 0 Å². The van der Waals surface area contributed by atoms with E-state index >= 15 is 4.39 Å². The highest BCUT2D eigenvalue weighted by atomic mass is 19.1. The van der Waals surface area contributed by atoms with Crippen LogP contribution in [0.1, 0.15) is 30.7 Å². The lowest BCUT2D eigenvalue weighted by atomic mass is 10.0. The van der Waals surface area contributed by atoms with Crippen molar-refractivity contribution < 1.29 is 9.18 Å². The number of fused-ring (bicyclic) bond motifs is 1. The number of nitrogens with zero attached hydrogens (tertiary/aromatic N) is 4. The summed E-state index contributed by atoms with van der Waals surface area (Å²) >= 11 is 0. The molecule has 3 heterocycles. The van der Waals surface area contributed by atoms with Gasteiger partial charge in [-0.25, -0.2) is 18.9 Å². The molecule has 1 amide bonds. The van der Waals surface area contributed by atoms with E-state index in [0.717, 1.165) is 47.8 Å². The van der Waals surface area contributed by atoms with Crippen LogP contribution in [-0.4, -0.2) is 43.6 Å². The molecule has 2 aliphatic rings. The van der Waals surface area contributed by atoms with Crippen LogP contribution in [0.15, 0.2) is 53.5 Å². The SMILES string of the molecule is Cc1cnc2cc(-c3ccc(-n4c(C[C@@H]5CCN(C(=O)C6CC6)C5)n[nH]c4=O)c(F)c3)ccc2c1. The van der Waals surface area contributed by atoms with Gasteiger partial charge < -0.3 is 4.90 Å². The molecular formula is C27H26FN5O2. The molecule has 4 aromatic rings. The molecule has 0 radical (unpaired) electrons. The predicted molar refractivity (Wildman–Crippen MR) is 131 cm³/mol. The number of carbonyl (C=O) groups is 1. The molecule has 0 spiro atoms. The molecule has 1 aliphatic carbocycles. The number of likely N-dealkylation sites (tertiary alicyclic amines) is 1. The Labute approximate surface area is 201 Å². The summed E-state index contributed by atoms with van der Waals surface area (Å²) in [5, 5.41) is 7.69. The minimum absolute atomic E-state index is 0.168. The molecule has 1 saturated heterocycles. The standard InChI is InChI=1S/C27H26FN5O2/c1-16-10-21-5-4-20(13-23(21)29-14-16)19-6-7-24(22(28)12-19)33-25(30-31-27(33)35)11-17-8-9-32(15-17)26(34)18-2-3-18/h4-7,10,12-14,17-18H,2-3,8-9,11,15H2,1H3,(H,31,35)/t17-/m0/s1. The number of carbonyl (C=O) groups excluding carboxylic acids is 1. The van der Waals surface area contributed by atoms with Crippen LogP contribution in [0.2, 0.25) is 0 Å². The van der Waals surface area contributed by atoms with Crippen LogP contribution in [0.4, 0.5) is 4.39 Å². The van der Waals surface area contributed by atoms with E-state index in [4.69, 9.17) is 0 Å². The molecule has 1 saturated carbocycles. The molecule has 2 fully saturated rings. The van der Waals surface area contributed by atoms with Gasteiger partial charge in [-0.1, -0.05) is 18.2 Å². The van der Waals surface area contributed by atoms with Crippen molar-refractivity contribution in [1.82, 2.24) is 24.6 Å². The average molecular weight is 472 g/mol. The quantitative estimate of drug-likeness (QED) is 0.477. The second-order valence-corrected chi connectivity index (χ2v) is 9.78. The van der Waals surface area contributed by atoms with E-state index in [1.54, 1.807) is 6.07 Å². The number of aryl methyl sites for hydroxylation is 1. The van der Waals surface area contributed by atoms with Crippen LogP contribution < -0.4 is 5.69 Å². The number of halogens is 1. The van der Waals surface area contributed by atoms with Crippen LogP contribution >= 0.6 is 0 Å². The second kappa shape index (κ2) is 8.45. The van der Waals surface area contributed by atoms with E-state index in [1.165, 1.54) is 10.6 Å². The van der Waals surface area contributed by atoms with Gasteiger partial charge in [-0.15, -0.1) is 0 Å². The maximum absolute atomic E-state index is 15.3. The molecule has 1 aliphatic heterocycles. The van der Waals surface area contributed by atoms with Crippen LogP contribution in [0.25, 0.3) is 27.7 Å². The minimum Gasteiger partial charge on any atom is -0.342 e. The van der Waals surface area contributed by atoms with E-state index in [-0.39, 0.29) is 23.4 Å². The Morgan fingerprint density at radius 3 is 2.71 bits per heavy atom. The predicted octanol–water partition coefficient (Wildman–Crippen LogP) is 4.02. The van der Waals surface area contributed by atoms with E-state index in [9.17, 15) is 9.59 Å². The van der Waals surface area contributed by atoms with Gasteiger partial charge in [0.25, 0.3) is 0 Å². The molecule has 178 valence electrons. The zero-order valence-corrected chi connectivity index (χ0v) is 19.5. The monoisotopic (exact) mass is 471 g/mol. The topological polar surface area (TPSA) is 83.9 Å². The lowest BCUT2D eigenvalue weighted by Gasteiger charge is -2.16. The highest BCUT2D eigenvalue weighted by Gasteiger charge is 2.37. The number of benzene rings is 2. The molecule has 2 aromatic heterocycles. The molecule has 1 atom stereocenters. The molecular weight excluding hydrogens is 445 g/mol. The summed E-state index contributed by atoms with van der Waals surface area (Å²) in [6, 6.07) is 12.8. The van der Waals surface area contributed by atoms with Gasteiger partial charge in [-0.3, -0.25) is 9.78 Å². The van der Waals surface area contributed by atoms with Gasteiger partial charge in [-0.2, -0.15) is 5.10 Å². The third-order valence-electron chi connectivity index (χ3n) is 7.08. The largest absolute Gasteiger partial charge is 0.348 e. The molecule has 1 N–H and O–H groups in total. The molecule has 0 unspecified atom stereocenters. The Morgan fingerprint density at radius 1 is 1.11 bits per heavy atom. The Kier molecular flexibility index (Phi) is 5.24. The normalized spacial score (nSPS) is 17.9. The Hall–Kier alpha value is -3.81. The first-order chi connectivity index (χ1) is 17.0. The fraction of sp³-hybridized carbons (Fsp3) is 0.333. The van der Waals surface area contributed by atoms with Gasteiger partial charge in [0, 0.05) is 37.0 Å². The number of H-pyrrole nitrogens is 1. The van der Waals surface area contributed by atoms with Crippen LogP contribution in [-0.2, 0) is 11.2 Å². The van der Waals surface area contributed by atoms with E-state index in [2.05, 4.69) is 21.2 Å². The first-order valence-corrected chi connectivity index (χ1v) is 12.1. The van der Waals surface area contributed by atoms with Crippen molar-refractivity contribution in [2.24, 2.45) is 11.8 Å². The fourth-order valence-corrected chi connectivity index (χ4v) is 5.04. The number of aromatic nitrogens is 4. The van der Waals surface area contributed by atoms with Crippen molar-refractivity contribution in [3.8, 4) is 16.8 Å². The van der Waals surface area contributed by atoms with Gasteiger partial charge in [-0.05, 0) is 73.1 Å². The van der Waals surface area contributed by atoms with Crippen LogP contribution in [0.3, 0.4) is 0 Å². The lowest BCUT2D eigenvalue weighted by Crippen LogP contribution is -2.30. The van der Waals surface area contributed by atoms with E-state index in [0.29, 0.717) is 24.4 Å². The first-order valence-electron chi connectivity index (χ1n) is 12.1. The van der Waals surface area contributed by atoms with E-state index < -0.39 is 11.5 Å². The average Bonchev–Trinajstić information content (AvgIpc) is 3.50. The van der Waals surface area contributed by atoms with Gasteiger partial charge >= 0.3 is 5.69 Å². The van der Waals surface area contributed by atoms with Gasteiger partial charge in [0.1, 0.15) is 11.6 Å². The van der Waals surface area contributed by atoms with Crippen molar-refractivity contribution in [2.75, 3.05) is 13.1 Å². The first kappa shape index (κ1) is 21.7. The number of nitrogens with one attached hydrogen (secondary N) is 1. The Bertz CT molecular complexity index is 1500. The molecule has 7 nitrogen and oxygen atoms in total. The highest BCUT2D eigenvalue weighted by molar-refractivity contribution is 5.84. The zero-order valence-electron chi connectivity index (χ0n) is 19.5. The maximum atomic E-state index is 15.3. The molecule has 0 bridgehead atoms. The molecule has 6 rings (SSSR count). The Morgan fingerprint density at radius 2 is 1.91 bits per heavy atom. The number of rotatable bonds is 5. The van der Waals surface area contributed by atoms with Gasteiger partial charge in [0.15, 0.2) is 0 Å². The molecule has 2 aromatic carbocycles. The summed E-state index contributed by atoms with van der Waals surface area (Å²) < 4.78 is 16.6. The van der Waals surface area contributed by atoms with Crippen LogP contribution in [0, 0.1) is 24.6 Å². The third-order valence-corrected chi connectivity index (χ3v) is 7.08. The van der Waals surface area contributed by atoms with Gasteiger partial charge in [0.2, 0.25) is 5.91 Å². The van der Waals surface area contributed by atoms with E-state index in [1.807, 2.05) is 42.3 Å². The second-order valence-electron chi connectivity index (χ2n) is 9.78. The third kappa shape index (κ3) is 4.13. The molecule has 35 heavy (non-hydrogen) atoms. The summed E-state index contributed by atoms with van der Waals surface area (Å²) in [5.74, 6) is 0.626. The fourth-order valence-electron chi connectivity index (χ4n) is 5.04. The summed E-state index contributed by atoms with van der Waals surface area (Å²) in [7, 11) is 0. The maximum Gasteiger partial charge on any atom is 0.348 e. The van der Waals surface area contributed by atoms with Crippen molar-refractivity contribution in [2.45, 2.75) is 32.6 Å². The number of hydrogen-bond donors (Lipinski definition) is 1. The Balaban J connectivity index is 1.26. The number of aromatic amines is 1. The summed E-state index contributed by atoms with van der Waals surface area (Å²) in [6.07, 6.45) is 5.15. The smallest absolute Gasteiger partial charge is 0.342 e. The number of pyridine rings is 1. The highest BCUT2D eigenvalue weighted by Crippen LogP contribution is 2.33. The lowest BCUT2D eigenvalue weighted by molar-refractivity contribution is -0.131. The minimum atomic E-state index is -0.499. The van der Waals surface area contributed by atoms with Crippen LogP contribution in [0.5, 0.6) is 0 Å². The summed E-state index contributed by atoms with van der Waals surface area (Å²) in [5.41, 5.74) is 3.18. The van der Waals surface area contributed by atoms with Crippen molar-refractivity contribution in [3.05, 3.63) is 76.4 Å². The summed E-state index contributed by atoms with van der Waals surface area (Å²) in [4.78, 5) is 31.3. The number of amides is 1. The number of hydrogen-bond acceptors (Lipinski definition) is 4. The zero-order chi connectivity index (χ0) is 24.1. The summed E-state index contributed by atoms with van der Waals surface area (Å²) in [6.45, 7) is 3.39. The van der Waals surface area contributed by atoms with Crippen molar-refractivity contribution >= 4 is 16.8 Å².